The van der Waals surface area contributed by atoms with Crippen molar-refractivity contribution in [2.75, 3.05) is 28.6 Å². The van der Waals surface area contributed by atoms with Crippen LogP contribution in [0.4, 0.5) is 28.4 Å². The molecule has 0 aliphatic carbocycles. The highest BCUT2D eigenvalue weighted by Gasteiger charge is 2.16. The maximum Gasteiger partial charge on any atom is 0.0574 e. The van der Waals surface area contributed by atoms with Gasteiger partial charge < -0.3 is 20.6 Å². The molecule has 1 saturated heterocycles. The molecule has 4 heteroatoms. The summed E-state index contributed by atoms with van der Waals surface area (Å²) in [6.07, 6.45) is 1.56. The molecule has 4 nitrogen and oxygen atoms in total. The lowest BCUT2D eigenvalue weighted by atomic mass is 10.1. The Bertz CT molecular complexity index is 839. The van der Waals surface area contributed by atoms with Gasteiger partial charge in [-0.1, -0.05) is 18.2 Å². The topological polar surface area (TPSA) is 47.5 Å². The first-order valence-electron chi connectivity index (χ1n) is 9.48. The molecular formula is C23H25N3O. The first-order chi connectivity index (χ1) is 13.3. The Kier molecular flexibility index (Phi) is 5.26. The molecule has 0 bridgehead atoms. The van der Waals surface area contributed by atoms with E-state index in [1.807, 2.05) is 18.2 Å². The van der Waals surface area contributed by atoms with Crippen LogP contribution in [0.3, 0.4) is 0 Å². The third-order valence-electron chi connectivity index (χ3n) is 4.93. The summed E-state index contributed by atoms with van der Waals surface area (Å²) in [6, 6.07) is 27.0. The van der Waals surface area contributed by atoms with Crippen molar-refractivity contribution in [3.8, 4) is 0 Å². The standard InChI is InChI=1S/C23H25N3O/c27-23-14-16-26(17-15-23)22-12-10-21(11-13-22)25-20-8-6-19(7-9-20)24-18-4-2-1-3-5-18/h1-13,23-25,27H,14-17H2. The van der Waals surface area contributed by atoms with Crippen LogP contribution in [0.25, 0.3) is 0 Å². The van der Waals surface area contributed by atoms with Crippen LogP contribution < -0.4 is 15.5 Å². The molecule has 0 spiro atoms. The number of aliphatic hydroxyl groups excluding tert-OH is 1. The van der Waals surface area contributed by atoms with Crippen LogP contribution in [0.2, 0.25) is 0 Å². The predicted octanol–water partition coefficient (Wildman–Crippen LogP) is 5.13. The molecule has 3 aromatic carbocycles. The number of nitrogens with one attached hydrogen (secondary N) is 2. The summed E-state index contributed by atoms with van der Waals surface area (Å²) in [4.78, 5) is 2.33. The Labute approximate surface area is 160 Å². The van der Waals surface area contributed by atoms with Crippen LogP contribution in [0.15, 0.2) is 78.9 Å². The first-order valence-corrected chi connectivity index (χ1v) is 9.48. The van der Waals surface area contributed by atoms with E-state index in [4.69, 9.17) is 0 Å². The zero-order valence-electron chi connectivity index (χ0n) is 15.3. The Morgan fingerprint density at radius 1 is 0.630 bits per heavy atom. The molecule has 1 aliphatic rings. The number of anilines is 5. The van der Waals surface area contributed by atoms with Gasteiger partial charge in [0, 0.05) is 41.5 Å². The van der Waals surface area contributed by atoms with E-state index in [0.29, 0.717) is 0 Å². The van der Waals surface area contributed by atoms with Gasteiger partial charge in [0.1, 0.15) is 0 Å². The number of hydrogen-bond acceptors (Lipinski definition) is 4. The van der Waals surface area contributed by atoms with E-state index in [2.05, 4.69) is 76.2 Å². The average Bonchev–Trinajstić information content (AvgIpc) is 2.72. The van der Waals surface area contributed by atoms with Crippen molar-refractivity contribution in [1.82, 2.24) is 0 Å². The fraction of sp³-hybridized carbons (Fsp3) is 0.217. The van der Waals surface area contributed by atoms with Crippen molar-refractivity contribution < 1.29 is 5.11 Å². The zero-order chi connectivity index (χ0) is 18.5. The quantitative estimate of drug-likeness (QED) is 0.591. The third-order valence-corrected chi connectivity index (χ3v) is 4.93. The van der Waals surface area contributed by atoms with Crippen molar-refractivity contribution >= 4 is 28.4 Å². The van der Waals surface area contributed by atoms with Gasteiger partial charge >= 0.3 is 0 Å². The molecule has 0 saturated carbocycles. The fourth-order valence-corrected chi connectivity index (χ4v) is 3.37. The smallest absolute Gasteiger partial charge is 0.0574 e. The van der Waals surface area contributed by atoms with Crippen LogP contribution in [0, 0.1) is 0 Å². The van der Waals surface area contributed by atoms with Crippen molar-refractivity contribution in [2.45, 2.75) is 18.9 Å². The molecule has 1 fully saturated rings. The van der Waals surface area contributed by atoms with Crippen molar-refractivity contribution in [3.05, 3.63) is 78.9 Å². The number of nitrogens with zero attached hydrogens (tertiary/aromatic N) is 1. The normalized spacial score (nSPS) is 14.8. The maximum absolute atomic E-state index is 9.64. The number of piperidine rings is 1. The summed E-state index contributed by atoms with van der Waals surface area (Å²) < 4.78 is 0. The highest BCUT2D eigenvalue weighted by atomic mass is 16.3. The second-order valence-electron chi connectivity index (χ2n) is 6.96. The van der Waals surface area contributed by atoms with Gasteiger partial charge in [-0.3, -0.25) is 0 Å². The van der Waals surface area contributed by atoms with E-state index in [0.717, 1.165) is 48.7 Å². The Morgan fingerprint density at radius 3 is 1.59 bits per heavy atom. The SMILES string of the molecule is OC1CCN(c2ccc(Nc3ccc(Nc4ccccc4)cc3)cc2)CC1. The summed E-state index contributed by atoms with van der Waals surface area (Å²) in [5, 5.41) is 16.5. The fourth-order valence-electron chi connectivity index (χ4n) is 3.37. The van der Waals surface area contributed by atoms with Gasteiger partial charge in [-0.15, -0.1) is 0 Å². The summed E-state index contributed by atoms with van der Waals surface area (Å²) in [5.74, 6) is 0. The van der Waals surface area contributed by atoms with E-state index < -0.39 is 0 Å². The molecule has 138 valence electrons. The van der Waals surface area contributed by atoms with Gasteiger partial charge in [-0.05, 0) is 73.5 Å². The Morgan fingerprint density at radius 2 is 1.07 bits per heavy atom. The summed E-state index contributed by atoms with van der Waals surface area (Å²) >= 11 is 0. The highest BCUT2D eigenvalue weighted by Crippen LogP contribution is 2.25. The zero-order valence-corrected chi connectivity index (χ0v) is 15.3. The van der Waals surface area contributed by atoms with Crippen molar-refractivity contribution in [3.63, 3.8) is 0 Å². The van der Waals surface area contributed by atoms with E-state index in [1.165, 1.54) is 5.69 Å². The molecule has 1 heterocycles. The minimum Gasteiger partial charge on any atom is -0.393 e. The summed E-state index contributed by atoms with van der Waals surface area (Å²) in [7, 11) is 0. The highest BCUT2D eigenvalue weighted by molar-refractivity contribution is 5.67. The molecule has 3 aromatic rings. The Balaban J connectivity index is 1.36. The van der Waals surface area contributed by atoms with Crippen LogP contribution in [-0.2, 0) is 0 Å². The van der Waals surface area contributed by atoms with Crippen LogP contribution in [-0.4, -0.2) is 24.3 Å². The Hall–Kier alpha value is -2.98. The number of para-hydroxylation sites is 1. The lowest BCUT2D eigenvalue weighted by Gasteiger charge is -2.31. The number of benzene rings is 3. The van der Waals surface area contributed by atoms with Crippen molar-refractivity contribution in [2.24, 2.45) is 0 Å². The van der Waals surface area contributed by atoms with E-state index in [9.17, 15) is 5.11 Å². The van der Waals surface area contributed by atoms with Crippen LogP contribution >= 0.6 is 0 Å². The van der Waals surface area contributed by atoms with Gasteiger partial charge in [0.2, 0.25) is 0 Å². The average molecular weight is 359 g/mol. The third kappa shape index (κ3) is 4.60. The number of aliphatic hydroxyl groups is 1. The van der Waals surface area contributed by atoms with E-state index in [-0.39, 0.29) is 6.10 Å². The molecular weight excluding hydrogens is 334 g/mol. The largest absolute Gasteiger partial charge is 0.393 e. The summed E-state index contributed by atoms with van der Waals surface area (Å²) in [5.41, 5.74) is 5.49. The van der Waals surface area contributed by atoms with Gasteiger partial charge in [-0.25, -0.2) is 0 Å². The monoisotopic (exact) mass is 359 g/mol. The minimum atomic E-state index is -0.137. The lowest BCUT2D eigenvalue weighted by molar-refractivity contribution is 0.145. The first kappa shape index (κ1) is 17.4. The van der Waals surface area contributed by atoms with E-state index >= 15 is 0 Å². The van der Waals surface area contributed by atoms with E-state index in [1.54, 1.807) is 0 Å². The van der Waals surface area contributed by atoms with Gasteiger partial charge in [0.25, 0.3) is 0 Å². The minimum absolute atomic E-state index is 0.137. The molecule has 27 heavy (non-hydrogen) atoms. The molecule has 1 aliphatic heterocycles. The lowest BCUT2D eigenvalue weighted by Crippen LogP contribution is -2.35. The van der Waals surface area contributed by atoms with Gasteiger partial charge in [0.05, 0.1) is 6.10 Å². The molecule has 0 radical (unpaired) electrons. The summed E-state index contributed by atoms with van der Waals surface area (Å²) in [6.45, 7) is 1.84. The molecule has 0 amide bonds. The maximum atomic E-state index is 9.64. The van der Waals surface area contributed by atoms with Crippen LogP contribution in [0.5, 0.6) is 0 Å². The van der Waals surface area contributed by atoms with Gasteiger partial charge in [-0.2, -0.15) is 0 Å². The van der Waals surface area contributed by atoms with Crippen LogP contribution in [0.1, 0.15) is 12.8 Å². The second-order valence-corrected chi connectivity index (χ2v) is 6.96. The molecule has 4 rings (SSSR count). The number of hydrogen-bond donors (Lipinski definition) is 3. The van der Waals surface area contributed by atoms with Gasteiger partial charge in [0.15, 0.2) is 0 Å². The van der Waals surface area contributed by atoms with Crippen molar-refractivity contribution in [1.29, 1.82) is 0 Å². The predicted molar refractivity (Wildman–Crippen MR) is 113 cm³/mol. The number of rotatable bonds is 5. The molecule has 3 N–H and O–H groups in total. The molecule has 0 aromatic heterocycles. The molecule has 0 unspecified atom stereocenters. The second kappa shape index (κ2) is 8.14. The molecule has 0 atom stereocenters.